The maximum absolute atomic E-state index is 13.1. The third kappa shape index (κ3) is 7.33. The second-order valence-electron chi connectivity index (χ2n) is 7.02. The number of carbonyl (C=O) groups is 2. The van der Waals surface area contributed by atoms with Gasteiger partial charge in [0.15, 0.2) is 18.1 Å². The predicted octanol–water partition coefficient (Wildman–Crippen LogP) is 4.71. The number of halogens is 2. The molecule has 0 spiro atoms. The van der Waals surface area contributed by atoms with Crippen molar-refractivity contribution in [1.29, 1.82) is 0 Å². The van der Waals surface area contributed by atoms with Crippen LogP contribution in [0.4, 0.5) is 0 Å². The van der Waals surface area contributed by atoms with Crippen LogP contribution in [0.5, 0.6) is 11.5 Å². The van der Waals surface area contributed by atoms with E-state index in [2.05, 4.69) is 5.32 Å². The van der Waals surface area contributed by atoms with Crippen molar-refractivity contribution in [2.24, 2.45) is 0 Å². The van der Waals surface area contributed by atoms with Crippen molar-refractivity contribution >= 4 is 35.0 Å². The van der Waals surface area contributed by atoms with Gasteiger partial charge in [-0.2, -0.15) is 0 Å². The molecule has 2 aromatic rings. The summed E-state index contributed by atoms with van der Waals surface area (Å²) in [5.74, 6) is 0.384. The number of nitrogens with zero attached hydrogens (tertiary/aromatic N) is 1. The minimum atomic E-state index is -0.711. The average Bonchev–Trinajstić information content (AvgIpc) is 2.76. The first-order chi connectivity index (χ1) is 14.9. The van der Waals surface area contributed by atoms with E-state index >= 15 is 0 Å². The molecule has 0 aromatic heterocycles. The van der Waals surface area contributed by atoms with Gasteiger partial charge in [0.1, 0.15) is 6.04 Å². The average molecular weight is 467 g/mol. The van der Waals surface area contributed by atoms with Crippen molar-refractivity contribution in [3.05, 3.63) is 58.1 Å². The monoisotopic (exact) mass is 466 g/mol. The van der Waals surface area contributed by atoms with Crippen LogP contribution < -0.4 is 14.8 Å². The molecule has 1 unspecified atom stereocenters. The fraction of sp³-hybridized carbons (Fsp3) is 0.391. The first kappa shape index (κ1) is 24.8. The van der Waals surface area contributed by atoms with Crippen LogP contribution in [0.15, 0.2) is 42.5 Å². The van der Waals surface area contributed by atoms with Crippen molar-refractivity contribution < 1.29 is 19.1 Å². The Morgan fingerprint density at radius 1 is 1.13 bits per heavy atom. The van der Waals surface area contributed by atoms with Gasteiger partial charge in [0, 0.05) is 23.1 Å². The molecule has 0 aliphatic heterocycles. The summed E-state index contributed by atoms with van der Waals surface area (Å²) in [5, 5.41) is 3.79. The Kier molecular flexibility index (Phi) is 9.95. The number of hydrogen-bond donors (Lipinski definition) is 1. The summed E-state index contributed by atoms with van der Waals surface area (Å²) in [7, 11) is 1.53. The molecule has 168 valence electrons. The van der Waals surface area contributed by atoms with Crippen LogP contribution in [0.25, 0.3) is 0 Å². The molecule has 31 heavy (non-hydrogen) atoms. The van der Waals surface area contributed by atoms with Crippen LogP contribution >= 0.6 is 23.2 Å². The Balaban J connectivity index is 2.18. The molecular formula is C23H28Cl2N2O4. The van der Waals surface area contributed by atoms with E-state index in [-0.39, 0.29) is 25.0 Å². The molecule has 0 bridgehead atoms. The van der Waals surface area contributed by atoms with Gasteiger partial charge >= 0.3 is 0 Å². The SMILES string of the molecule is CCCCNC(=O)C(C)N(Cc1ccc(Cl)cc1Cl)C(=O)COc1ccccc1OC. The molecule has 2 aromatic carbocycles. The summed E-state index contributed by atoms with van der Waals surface area (Å²) in [4.78, 5) is 27.2. The lowest BCUT2D eigenvalue weighted by atomic mass is 10.1. The molecule has 8 heteroatoms. The van der Waals surface area contributed by atoms with Gasteiger partial charge in [-0.3, -0.25) is 9.59 Å². The largest absolute Gasteiger partial charge is 0.493 e. The van der Waals surface area contributed by atoms with Crippen molar-refractivity contribution in [3.63, 3.8) is 0 Å². The minimum absolute atomic E-state index is 0.145. The van der Waals surface area contributed by atoms with Crippen LogP contribution in [0.1, 0.15) is 32.3 Å². The van der Waals surface area contributed by atoms with Crippen molar-refractivity contribution in [2.75, 3.05) is 20.3 Å². The van der Waals surface area contributed by atoms with Crippen LogP contribution in [0, 0.1) is 0 Å². The van der Waals surface area contributed by atoms with E-state index in [1.165, 1.54) is 12.0 Å². The Morgan fingerprint density at radius 2 is 1.84 bits per heavy atom. The molecule has 1 atom stereocenters. The first-order valence-electron chi connectivity index (χ1n) is 10.1. The van der Waals surface area contributed by atoms with E-state index in [9.17, 15) is 9.59 Å². The molecule has 0 radical (unpaired) electrons. The van der Waals surface area contributed by atoms with Crippen LogP contribution in [-0.2, 0) is 16.1 Å². The minimum Gasteiger partial charge on any atom is -0.493 e. The maximum atomic E-state index is 13.1. The summed E-state index contributed by atoms with van der Waals surface area (Å²) in [5.41, 5.74) is 0.685. The highest BCUT2D eigenvalue weighted by molar-refractivity contribution is 6.35. The van der Waals surface area contributed by atoms with E-state index in [4.69, 9.17) is 32.7 Å². The highest BCUT2D eigenvalue weighted by Gasteiger charge is 2.27. The maximum Gasteiger partial charge on any atom is 0.261 e. The molecule has 1 N–H and O–H groups in total. The second-order valence-corrected chi connectivity index (χ2v) is 7.86. The Morgan fingerprint density at radius 3 is 2.48 bits per heavy atom. The molecule has 0 saturated carbocycles. The van der Waals surface area contributed by atoms with Gasteiger partial charge < -0.3 is 19.7 Å². The zero-order valence-electron chi connectivity index (χ0n) is 18.0. The summed E-state index contributed by atoms with van der Waals surface area (Å²) in [6, 6.07) is 11.4. The van der Waals surface area contributed by atoms with Crippen molar-refractivity contribution in [2.45, 2.75) is 39.3 Å². The summed E-state index contributed by atoms with van der Waals surface area (Å²) < 4.78 is 10.9. The lowest BCUT2D eigenvalue weighted by molar-refractivity contribution is -0.142. The number of methoxy groups -OCH3 is 1. The lowest BCUT2D eigenvalue weighted by Crippen LogP contribution is -2.49. The summed E-state index contributed by atoms with van der Waals surface area (Å²) in [6.07, 6.45) is 1.83. The number of carbonyl (C=O) groups excluding carboxylic acids is 2. The summed E-state index contributed by atoms with van der Waals surface area (Å²) >= 11 is 12.3. The smallest absolute Gasteiger partial charge is 0.261 e. The van der Waals surface area contributed by atoms with E-state index in [1.807, 2.05) is 13.0 Å². The van der Waals surface area contributed by atoms with Gasteiger partial charge in [-0.15, -0.1) is 0 Å². The molecule has 0 saturated heterocycles. The van der Waals surface area contributed by atoms with E-state index in [0.717, 1.165) is 12.8 Å². The van der Waals surface area contributed by atoms with Gasteiger partial charge in [-0.1, -0.05) is 54.7 Å². The zero-order chi connectivity index (χ0) is 22.8. The quantitative estimate of drug-likeness (QED) is 0.486. The number of ether oxygens (including phenoxy) is 2. The second kappa shape index (κ2) is 12.4. The molecule has 0 aliphatic carbocycles. The highest BCUT2D eigenvalue weighted by Crippen LogP contribution is 2.26. The number of para-hydroxylation sites is 2. The number of amides is 2. The molecule has 6 nitrogen and oxygen atoms in total. The number of hydrogen-bond acceptors (Lipinski definition) is 4. The van der Waals surface area contributed by atoms with E-state index in [0.29, 0.717) is 33.7 Å². The highest BCUT2D eigenvalue weighted by atomic mass is 35.5. The third-order valence-corrected chi connectivity index (χ3v) is 5.36. The summed E-state index contributed by atoms with van der Waals surface area (Å²) in [6.45, 7) is 4.18. The number of nitrogens with one attached hydrogen (secondary N) is 1. The van der Waals surface area contributed by atoms with Crippen molar-refractivity contribution in [3.8, 4) is 11.5 Å². The van der Waals surface area contributed by atoms with E-state index in [1.54, 1.807) is 43.3 Å². The number of benzene rings is 2. The molecule has 2 rings (SSSR count). The molecular weight excluding hydrogens is 439 g/mol. The Bertz CT molecular complexity index is 892. The van der Waals surface area contributed by atoms with Gasteiger partial charge in [0.05, 0.1) is 7.11 Å². The van der Waals surface area contributed by atoms with Crippen LogP contribution in [-0.4, -0.2) is 43.0 Å². The molecule has 0 heterocycles. The zero-order valence-corrected chi connectivity index (χ0v) is 19.5. The van der Waals surface area contributed by atoms with Gasteiger partial charge in [0.2, 0.25) is 5.91 Å². The van der Waals surface area contributed by atoms with Crippen LogP contribution in [0.3, 0.4) is 0 Å². The van der Waals surface area contributed by atoms with Gasteiger partial charge in [0.25, 0.3) is 5.91 Å². The fourth-order valence-corrected chi connectivity index (χ4v) is 3.38. The molecule has 0 fully saturated rings. The molecule has 0 aliphatic rings. The van der Waals surface area contributed by atoms with E-state index < -0.39 is 6.04 Å². The third-order valence-electron chi connectivity index (χ3n) is 4.77. The van der Waals surface area contributed by atoms with Crippen molar-refractivity contribution in [1.82, 2.24) is 10.2 Å². The standard InChI is InChI=1S/C23H28Cl2N2O4/c1-4-5-12-26-23(29)16(2)27(14-17-10-11-18(24)13-19(17)25)22(28)15-31-21-9-7-6-8-20(21)30-3/h6-11,13,16H,4-5,12,14-15H2,1-3H3,(H,26,29). The Hall–Kier alpha value is -2.44. The first-order valence-corrected chi connectivity index (χ1v) is 10.9. The van der Waals surface area contributed by atoms with Gasteiger partial charge in [-0.05, 0) is 43.2 Å². The number of rotatable bonds is 11. The normalized spacial score (nSPS) is 11.5. The van der Waals surface area contributed by atoms with Gasteiger partial charge in [-0.25, -0.2) is 0 Å². The predicted molar refractivity (Wildman–Crippen MR) is 123 cm³/mol. The fourth-order valence-electron chi connectivity index (χ4n) is 2.91. The Labute approximate surface area is 193 Å². The van der Waals surface area contributed by atoms with Crippen LogP contribution in [0.2, 0.25) is 10.0 Å². The topological polar surface area (TPSA) is 67.9 Å². The molecule has 2 amide bonds. The number of unbranched alkanes of at least 4 members (excludes halogenated alkanes) is 1. The lowest BCUT2D eigenvalue weighted by Gasteiger charge is -2.29.